The molecule has 0 aliphatic carbocycles. The van der Waals surface area contributed by atoms with E-state index in [0.29, 0.717) is 30.0 Å². The van der Waals surface area contributed by atoms with Gasteiger partial charge >= 0.3 is 0 Å². The lowest BCUT2D eigenvalue weighted by Crippen LogP contribution is -2.28. The van der Waals surface area contributed by atoms with Crippen molar-refractivity contribution in [2.45, 2.75) is 47.1 Å². The van der Waals surface area contributed by atoms with Crippen LogP contribution >= 0.6 is 0 Å². The molecule has 2 aromatic rings. The minimum absolute atomic E-state index is 0.0310. The smallest absolute Gasteiger partial charge is 0.251 e. The summed E-state index contributed by atoms with van der Waals surface area (Å²) in [5.74, 6) is -0.325. The fraction of sp³-hybridized carbons (Fsp3) is 0.346. The molecule has 4 N–H and O–H groups in total. The molecule has 8 nitrogen and oxygen atoms in total. The Labute approximate surface area is 205 Å². The Morgan fingerprint density at radius 3 is 2.69 bits per heavy atom. The number of aromatic nitrogens is 2. The van der Waals surface area contributed by atoms with E-state index in [0.717, 1.165) is 5.57 Å². The molecule has 1 aromatic heterocycles. The van der Waals surface area contributed by atoms with Crippen LogP contribution in [0.25, 0.3) is 0 Å². The highest BCUT2D eigenvalue weighted by Gasteiger charge is 2.30. The highest BCUT2D eigenvalue weighted by molar-refractivity contribution is 6.17. The zero-order chi connectivity index (χ0) is 25.9. The van der Waals surface area contributed by atoms with E-state index in [1.165, 1.54) is 12.4 Å². The molecule has 0 saturated heterocycles. The molecular formula is C26H32FN7O. The molecule has 0 radical (unpaired) electrons. The number of anilines is 3. The predicted octanol–water partition coefficient (Wildman–Crippen LogP) is 4.51. The third kappa shape index (κ3) is 5.45. The van der Waals surface area contributed by atoms with Crippen LogP contribution in [0, 0.1) is 16.6 Å². The van der Waals surface area contributed by atoms with Gasteiger partial charge in [-0.15, -0.1) is 0 Å². The third-order valence-electron chi connectivity index (χ3n) is 5.69. The molecule has 9 heteroatoms. The second-order valence-corrected chi connectivity index (χ2v) is 9.67. The summed E-state index contributed by atoms with van der Waals surface area (Å²) in [6.45, 7) is 13.6. The van der Waals surface area contributed by atoms with Crippen LogP contribution in [0.5, 0.6) is 0 Å². The summed E-state index contributed by atoms with van der Waals surface area (Å²) in [4.78, 5) is 26.6. The first-order valence-corrected chi connectivity index (χ1v) is 11.4. The van der Waals surface area contributed by atoms with Crippen molar-refractivity contribution in [1.82, 2.24) is 9.97 Å². The average Bonchev–Trinajstić information content (AvgIpc) is 3.20. The minimum atomic E-state index is -0.544. The largest absolute Gasteiger partial charge is 0.383 e. The molecule has 0 unspecified atom stereocenters. The summed E-state index contributed by atoms with van der Waals surface area (Å²) < 4.78 is 15.7. The number of hydrogen-bond donors (Lipinski definition) is 3. The Hall–Kier alpha value is -3.88. The van der Waals surface area contributed by atoms with Crippen LogP contribution in [0.1, 0.15) is 51.3 Å². The topological polar surface area (TPSA) is 120 Å². The molecule has 1 aromatic carbocycles. The van der Waals surface area contributed by atoms with Gasteiger partial charge in [0.05, 0.1) is 17.0 Å². The molecule has 35 heavy (non-hydrogen) atoms. The molecule has 3 rings (SSSR count). The lowest BCUT2D eigenvalue weighted by atomic mass is 9.86. The van der Waals surface area contributed by atoms with Crippen molar-refractivity contribution < 1.29 is 9.18 Å². The number of rotatable bonds is 7. The van der Waals surface area contributed by atoms with E-state index in [1.54, 1.807) is 29.3 Å². The number of aliphatic imine (C=N–C) groups is 1. The van der Waals surface area contributed by atoms with Gasteiger partial charge in [0, 0.05) is 36.0 Å². The minimum Gasteiger partial charge on any atom is -0.383 e. The van der Waals surface area contributed by atoms with Gasteiger partial charge < -0.3 is 16.0 Å². The number of allylic oxidation sites excluding steroid dienone is 2. The molecule has 184 valence electrons. The highest BCUT2D eigenvalue weighted by Crippen LogP contribution is 2.35. The van der Waals surface area contributed by atoms with Gasteiger partial charge in [0.25, 0.3) is 5.91 Å². The Morgan fingerprint density at radius 1 is 1.34 bits per heavy atom. The summed E-state index contributed by atoms with van der Waals surface area (Å²) >= 11 is 0. The average molecular weight is 478 g/mol. The first-order chi connectivity index (χ1) is 16.5. The first kappa shape index (κ1) is 25.7. The molecule has 0 fully saturated rings. The van der Waals surface area contributed by atoms with Gasteiger partial charge in [0.2, 0.25) is 0 Å². The molecule has 0 bridgehead atoms. The Bertz CT molecular complexity index is 1220. The van der Waals surface area contributed by atoms with Crippen molar-refractivity contribution in [1.29, 1.82) is 5.41 Å². The maximum absolute atomic E-state index is 15.7. The first-order valence-electron chi connectivity index (χ1n) is 11.4. The van der Waals surface area contributed by atoms with E-state index < -0.39 is 5.82 Å². The molecule has 2 heterocycles. The van der Waals surface area contributed by atoms with Crippen molar-refractivity contribution in [2.24, 2.45) is 10.4 Å². The third-order valence-corrected chi connectivity index (χ3v) is 5.69. The van der Waals surface area contributed by atoms with Crippen molar-refractivity contribution in [3.05, 3.63) is 64.9 Å². The number of amides is 1. The zero-order valence-corrected chi connectivity index (χ0v) is 20.8. The van der Waals surface area contributed by atoms with Crippen LogP contribution in [0.4, 0.5) is 21.7 Å². The lowest BCUT2D eigenvalue weighted by molar-refractivity contribution is -0.114. The lowest BCUT2D eigenvalue weighted by Gasteiger charge is -2.22. The number of nitrogens with one attached hydrogen (secondary N) is 2. The van der Waals surface area contributed by atoms with Gasteiger partial charge in [-0.2, -0.15) is 0 Å². The molecule has 0 spiro atoms. The molecule has 1 aliphatic rings. The normalized spacial score (nSPS) is 13.9. The molecular weight excluding hydrogens is 445 g/mol. The quantitative estimate of drug-likeness (QED) is 0.308. The van der Waals surface area contributed by atoms with Crippen LogP contribution in [-0.2, 0) is 11.2 Å². The number of nitrogen functional groups attached to an aromatic ring is 1. The van der Waals surface area contributed by atoms with Crippen LogP contribution in [0.2, 0.25) is 0 Å². The Balaban J connectivity index is 1.98. The van der Waals surface area contributed by atoms with Crippen LogP contribution in [0.3, 0.4) is 0 Å². The van der Waals surface area contributed by atoms with E-state index in [4.69, 9.17) is 11.1 Å². The van der Waals surface area contributed by atoms with Crippen molar-refractivity contribution in [2.75, 3.05) is 22.5 Å². The number of halogens is 1. The number of hydrogen-bond acceptors (Lipinski definition) is 7. The summed E-state index contributed by atoms with van der Waals surface area (Å²) in [6, 6.07) is 3.21. The highest BCUT2D eigenvalue weighted by atomic mass is 19.1. The van der Waals surface area contributed by atoms with Crippen molar-refractivity contribution >= 4 is 35.7 Å². The fourth-order valence-electron chi connectivity index (χ4n) is 3.89. The van der Waals surface area contributed by atoms with Gasteiger partial charge in [-0.1, -0.05) is 20.8 Å². The van der Waals surface area contributed by atoms with Gasteiger partial charge in [-0.05, 0) is 56.2 Å². The Kier molecular flexibility index (Phi) is 7.48. The van der Waals surface area contributed by atoms with E-state index in [9.17, 15) is 4.79 Å². The predicted molar refractivity (Wildman–Crippen MR) is 140 cm³/mol. The number of carbonyl (C=O) groups is 1. The van der Waals surface area contributed by atoms with Crippen LogP contribution < -0.4 is 16.0 Å². The number of fused-ring (bicyclic) bond motifs is 1. The van der Waals surface area contributed by atoms with Crippen LogP contribution in [-0.4, -0.2) is 40.9 Å². The standard InChI is InChI=1S/C26H32FN7O/c1-15(2)33-25-21(24(29)31-14-32-25)23(28)18-7-8-19-17(22(18)27)10-12-34(19)20(35)13-16(9-11-30-6)26(3,4)5/h7-9,11,13-15,28H,6,10,12H2,1-5H3,(H3,29,31,32,33)/b11-9-,16-13+,28-23?. The zero-order valence-electron chi connectivity index (χ0n) is 20.8. The fourth-order valence-corrected chi connectivity index (χ4v) is 3.89. The maximum Gasteiger partial charge on any atom is 0.251 e. The summed E-state index contributed by atoms with van der Waals surface area (Å²) in [5, 5.41) is 11.8. The summed E-state index contributed by atoms with van der Waals surface area (Å²) in [7, 11) is 0. The second-order valence-electron chi connectivity index (χ2n) is 9.67. The second kappa shape index (κ2) is 10.2. The molecule has 0 atom stereocenters. The van der Waals surface area contributed by atoms with Gasteiger partial charge in [0.1, 0.15) is 23.8 Å². The SMILES string of the molecule is C=N/C=C\C(=C/C(=O)N1CCc2c1ccc(C(=N)c1c(N)ncnc1NC(C)C)c2F)C(C)(C)C. The van der Waals surface area contributed by atoms with E-state index in [-0.39, 0.29) is 40.0 Å². The summed E-state index contributed by atoms with van der Waals surface area (Å²) in [6.07, 6.45) is 6.49. The van der Waals surface area contributed by atoms with Crippen LogP contribution in [0.15, 0.2) is 47.4 Å². The van der Waals surface area contributed by atoms with Gasteiger partial charge in [-0.3, -0.25) is 15.2 Å². The van der Waals surface area contributed by atoms with Gasteiger partial charge in [-0.25, -0.2) is 14.4 Å². The number of benzene rings is 1. The molecule has 0 saturated carbocycles. The number of nitrogens with zero attached hydrogens (tertiary/aromatic N) is 4. The number of carbonyl (C=O) groups excluding carboxylic acids is 1. The van der Waals surface area contributed by atoms with E-state index in [2.05, 4.69) is 27.0 Å². The van der Waals surface area contributed by atoms with E-state index in [1.807, 2.05) is 34.6 Å². The van der Waals surface area contributed by atoms with Crippen molar-refractivity contribution in [3.63, 3.8) is 0 Å². The number of nitrogens with two attached hydrogens (primary N) is 1. The summed E-state index contributed by atoms with van der Waals surface area (Å²) in [5.41, 5.74) is 7.64. The van der Waals surface area contributed by atoms with Crippen molar-refractivity contribution in [3.8, 4) is 0 Å². The molecule has 1 aliphatic heterocycles. The molecule has 1 amide bonds. The Morgan fingerprint density at radius 2 is 2.06 bits per heavy atom. The maximum atomic E-state index is 15.7. The van der Waals surface area contributed by atoms with Gasteiger partial charge in [0.15, 0.2) is 0 Å². The monoisotopic (exact) mass is 477 g/mol. The van der Waals surface area contributed by atoms with E-state index >= 15 is 4.39 Å².